The fraction of sp³-hybridized carbons (Fsp3) is 0.263. The predicted octanol–water partition coefficient (Wildman–Crippen LogP) is 6.32. The zero-order chi connectivity index (χ0) is 18.9. The highest BCUT2D eigenvalue weighted by Gasteiger charge is 2.30. The summed E-state index contributed by atoms with van der Waals surface area (Å²) in [6, 6.07) is 13.0. The van der Waals surface area contributed by atoms with E-state index in [0.29, 0.717) is 17.5 Å². The minimum absolute atomic E-state index is 0.473. The van der Waals surface area contributed by atoms with Gasteiger partial charge in [-0.05, 0) is 54.3 Å². The molecule has 0 unspecified atom stereocenters. The zero-order valence-electron chi connectivity index (χ0n) is 14.2. The van der Waals surface area contributed by atoms with Gasteiger partial charge in [-0.1, -0.05) is 54.7 Å². The summed E-state index contributed by atoms with van der Waals surface area (Å²) in [5, 5.41) is 2.53. The Morgan fingerprint density at radius 1 is 1.19 bits per heavy atom. The molecular weight excluding hydrogens is 395 g/mol. The molecule has 136 valence electrons. The van der Waals surface area contributed by atoms with Gasteiger partial charge in [0, 0.05) is 11.3 Å². The van der Waals surface area contributed by atoms with Crippen molar-refractivity contribution >= 4 is 57.5 Å². The first-order valence-corrected chi connectivity index (χ1v) is 9.30. The second kappa shape index (κ2) is 7.47. The molecule has 1 heterocycles. The lowest BCUT2D eigenvalue weighted by Gasteiger charge is -2.11. The lowest BCUT2D eigenvalue weighted by atomic mass is 9.98. The Morgan fingerprint density at radius 2 is 1.88 bits per heavy atom. The van der Waals surface area contributed by atoms with Crippen LogP contribution >= 0.6 is 34.8 Å². The van der Waals surface area contributed by atoms with E-state index in [1.54, 1.807) is 24.3 Å². The molecule has 0 fully saturated rings. The van der Waals surface area contributed by atoms with Crippen molar-refractivity contribution in [1.82, 2.24) is 4.98 Å². The van der Waals surface area contributed by atoms with E-state index in [0.717, 1.165) is 23.1 Å². The highest BCUT2D eigenvalue weighted by atomic mass is 35.6. The van der Waals surface area contributed by atoms with Gasteiger partial charge < -0.3 is 9.73 Å². The smallest absolute Gasteiger partial charge is 0.276 e. The van der Waals surface area contributed by atoms with Crippen LogP contribution in [0, 0.1) is 0 Å². The molecule has 1 atom stereocenters. The summed E-state index contributed by atoms with van der Waals surface area (Å²) in [5.74, 6) is 0.274. The molecule has 3 rings (SSSR count). The molecule has 4 nitrogen and oxygen atoms in total. The maximum absolute atomic E-state index is 11.7. The second-order valence-corrected chi connectivity index (χ2v) is 8.37. The maximum atomic E-state index is 11.7. The largest absolute Gasteiger partial charge is 0.436 e. The SMILES string of the molecule is CC[C@@H](C)c1ccc2oc(-c3ccc(NC(=O)C(Cl)(Cl)Cl)cc3)nc2c1. The molecule has 7 heteroatoms. The number of rotatable bonds is 4. The van der Waals surface area contributed by atoms with E-state index < -0.39 is 9.70 Å². The summed E-state index contributed by atoms with van der Waals surface area (Å²) < 4.78 is 3.83. The van der Waals surface area contributed by atoms with Crippen molar-refractivity contribution in [2.45, 2.75) is 30.0 Å². The Morgan fingerprint density at radius 3 is 2.50 bits per heavy atom. The third-order valence-corrected chi connectivity index (χ3v) is 4.76. The van der Waals surface area contributed by atoms with Crippen LogP contribution in [0.5, 0.6) is 0 Å². The highest BCUT2D eigenvalue weighted by molar-refractivity contribution is 6.76. The average molecular weight is 412 g/mol. The highest BCUT2D eigenvalue weighted by Crippen LogP contribution is 2.30. The predicted molar refractivity (Wildman–Crippen MR) is 107 cm³/mol. The van der Waals surface area contributed by atoms with E-state index in [9.17, 15) is 4.79 Å². The summed E-state index contributed by atoms with van der Waals surface area (Å²) >= 11 is 16.6. The molecule has 1 amide bonds. The van der Waals surface area contributed by atoms with Crippen LogP contribution in [0.4, 0.5) is 5.69 Å². The van der Waals surface area contributed by atoms with Crippen molar-refractivity contribution in [3.8, 4) is 11.5 Å². The zero-order valence-corrected chi connectivity index (χ0v) is 16.5. The average Bonchev–Trinajstić information content (AvgIpc) is 3.04. The minimum atomic E-state index is -2.01. The van der Waals surface area contributed by atoms with Crippen LogP contribution in [0.25, 0.3) is 22.6 Å². The lowest BCUT2D eigenvalue weighted by Crippen LogP contribution is -2.26. The first-order valence-electron chi connectivity index (χ1n) is 8.17. The van der Waals surface area contributed by atoms with Gasteiger partial charge in [-0.25, -0.2) is 4.98 Å². The number of nitrogens with one attached hydrogen (secondary N) is 1. The molecule has 0 saturated heterocycles. The normalized spacial score (nSPS) is 13.0. The molecule has 0 aliphatic rings. The van der Waals surface area contributed by atoms with Gasteiger partial charge in [-0.2, -0.15) is 0 Å². The third kappa shape index (κ3) is 4.14. The van der Waals surface area contributed by atoms with E-state index in [4.69, 9.17) is 39.2 Å². The van der Waals surface area contributed by atoms with Crippen LogP contribution in [0.15, 0.2) is 46.9 Å². The molecule has 2 aromatic carbocycles. The number of halogens is 3. The number of oxazole rings is 1. The van der Waals surface area contributed by atoms with Gasteiger partial charge in [-0.15, -0.1) is 0 Å². The number of aromatic nitrogens is 1. The number of hydrogen-bond donors (Lipinski definition) is 1. The van der Waals surface area contributed by atoms with Crippen LogP contribution in [0.2, 0.25) is 0 Å². The molecule has 0 aliphatic heterocycles. The van der Waals surface area contributed by atoms with Gasteiger partial charge in [-0.3, -0.25) is 4.79 Å². The summed E-state index contributed by atoms with van der Waals surface area (Å²) in [4.78, 5) is 16.3. The Bertz CT molecular complexity index is 930. The Kier molecular flexibility index (Phi) is 5.47. The van der Waals surface area contributed by atoms with Gasteiger partial charge in [0.25, 0.3) is 9.70 Å². The quantitative estimate of drug-likeness (QED) is 0.511. The Balaban J connectivity index is 1.84. The van der Waals surface area contributed by atoms with Crippen molar-refractivity contribution in [2.24, 2.45) is 0 Å². The van der Waals surface area contributed by atoms with Gasteiger partial charge >= 0.3 is 0 Å². The van der Waals surface area contributed by atoms with Crippen molar-refractivity contribution in [2.75, 3.05) is 5.32 Å². The fourth-order valence-corrected chi connectivity index (χ4v) is 2.65. The van der Waals surface area contributed by atoms with E-state index in [1.807, 2.05) is 6.07 Å². The van der Waals surface area contributed by atoms with Gasteiger partial charge in [0.15, 0.2) is 5.58 Å². The van der Waals surface area contributed by atoms with Gasteiger partial charge in [0.05, 0.1) is 0 Å². The molecule has 0 bridgehead atoms. The standard InChI is InChI=1S/C19H17Cl3N2O2/c1-3-11(2)13-6-9-16-15(10-13)24-17(26-16)12-4-7-14(8-5-12)23-18(25)19(20,21)22/h4-11H,3H2,1-2H3,(H,23,25)/t11-/m1/s1. The number of nitrogens with zero attached hydrogens (tertiary/aromatic N) is 1. The molecule has 26 heavy (non-hydrogen) atoms. The molecule has 0 aliphatic carbocycles. The summed E-state index contributed by atoms with van der Waals surface area (Å²) in [6.07, 6.45) is 1.07. The molecule has 0 saturated carbocycles. The molecule has 1 N–H and O–H groups in total. The number of fused-ring (bicyclic) bond motifs is 1. The van der Waals surface area contributed by atoms with Gasteiger partial charge in [0.2, 0.25) is 5.89 Å². The number of carbonyl (C=O) groups excluding carboxylic acids is 1. The van der Waals surface area contributed by atoms with Gasteiger partial charge in [0.1, 0.15) is 5.52 Å². The fourth-order valence-electron chi connectivity index (χ4n) is 2.51. The van der Waals surface area contributed by atoms with Crippen molar-refractivity contribution < 1.29 is 9.21 Å². The van der Waals surface area contributed by atoms with E-state index >= 15 is 0 Å². The van der Waals surface area contributed by atoms with Crippen LogP contribution < -0.4 is 5.32 Å². The summed E-state index contributed by atoms with van der Waals surface area (Å²) in [6.45, 7) is 4.35. The third-order valence-electron chi connectivity index (χ3n) is 4.24. The van der Waals surface area contributed by atoms with Crippen LogP contribution in [0.1, 0.15) is 31.7 Å². The first-order chi connectivity index (χ1) is 12.3. The molecule has 0 spiro atoms. The summed E-state index contributed by atoms with van der Waals surface area (Å²) in [5.41, 5.74) is 4.11. The Hall–Kier alpha value is -1.75. The topological polar surface area (TPSA) is 55.1 Å². The van der Waals surface area contributed by atoms with E-state index in [2.05, 4.69) is 36.3 Å². The number of hydrogen-bond acceptors (Lipinski definition) is 3. The molecule has 1 aromatic heterocycles. The Labute approximate surface area is 166 Å². The van der Waals surface area contributed by atoms with Crippen LogP contribution in [-0.4, -0.2) is 14.7 Å². The number of alkyl halides is 3. The van der Waals surface area contributed by atoms with E-state index in [1.165, 1.54) is 5.56 Å². The van der Waals surface area contributed by atoms with Crippen LogP contribution in [0.3, 0.4) is 0 Å². The monoisotopic (exact) mass is 410 g/mol. The molecule has 0 radical (unpaired) electrons. The molecular formula is C19H17Cl3N2O2. The van der Waals surface area contributed by atoms with Crippen molar-refractivity contribution in [3.63, 3.8) is 0 Å². The lowest BCUT2D eigenvalue weighted by molar-refractivity contribution is -0.115. The number of amides is 1. The maximum Gasteiger partial charge on any atom is 0.276 e. The minimum Gasteiger partial charge on any atom is -0.436 e. The number of benzene rings is 2. The van der Waals surface area contributed by atoms with E-state index in [-0.39, 0.29) is 0 Å². The number of carbonyl (C=O) groups is 1. The van der Waals surface area contributed by atoms with Crippen molar-refractivity contribution in [3.05, 3.63) is 48.0 Å². The number of anilines is 1. The molecule has 3 aromatic rings. The summed E-state index contributed by atoms with van der Waals surface area (Å²) in [7, 11) is 0. The first kappa shape index (κ1) is 19.0. The second-order valence-electron chi connectivity index (χ2n) is 6.08. The van der Waals surface area contributed by atoms with Crippen molar-refractivity contribution in [1.29, 1.82) is 0 Å². The van der Waals surface area contributed by atoms with Crippen LogP contribution in [-0.2, 0) is 4.79 Å².